The first-order chi connectivity index (χ1) is 13.8. The van der Waals surface area contributed by atoms with Gasteiger partial charge in [0, 0.05) is 19.7 Å². The molecule has 1 atom stereocenters. The number of thioether (sulfide) groups is 1. The van der Waals surface area contributed by atoms with Gasteiger partial charge in [0.1, 0.15) is 21.4 Å². The minimum Gasteiger partial charge on any atom is -0.497 e. The third-order valence-corrected chi connectivity index (χ3v) is 5.85. The Bertz CT molecular complexity index is 1200. The molecule has 3 rings (SSSR count). The van der Waals surface area contributed by atoms with Crippen molar-refractivity contribution in [2.75, 3.05) is 7.11 Å². The first-order valence-corrected chi connectivity index (χ1v) is 9.68. The van der Waals surface area contributed by atoms with Crippen molar-refractivity contribution in [3.63, 3.8) is 0 Å². The van der Waals surface area contributed by atoms with Crippen LogP contribution in [0.5, 0.6) is 5.75 Å². The van der Waals surface area contributed by atoms with E-state index in [1.54, 1.807) is 38.3 Å². The number of ether oxygens (including phenoxy) is 1. The highest BCUT2D eigenvalue weighted by Crippen LogP contribution is 2.30. The minimum absolute atomic E-state index is 0.122. The smallest absolute Gasteiger partial charge is 0.332 e. The second-order valence-corrected chi connectivity index (χ2v) is 7.53. The molecule has 152 valence electrons. The summed E-state index contributed by atoms with van der Waals surface area (Å²) >= 11 is 0.976. The Kier molecular flexibility index (Phi) is 5.73. The molecule has 9 nitrogen and oxygen atoms in total. The number of nitrogens with zero attached hydrogens (tertiary/aromatic N) is 4. The van der Waals surface area contributed by atoms with Gasteiger partial charge in [-0.15, -0.1) is 0 Å². The van der Waals surface area contributed by atoms with Crippen molar-refractivity contribution in [1.82, 2.24) is 19.1 Å². The molecule has 2 heterocycles. The zero-order valence-electron chi connectivity index (χ0n) is 16.4. The Morgan fingerprint density at radius 2 is 1.83 bits per heavy atom. The highest BCUT2D eigenvalue weighted by Gasteiger charge is 2.23. The Hall–Kier alpha value is -3.14. The number of carboxylic acid groups (broad SMARTS) is 1. The maximum Gasteiger partial charge on any atom is 0.332 e. The zero-order chi connectivity index (χ0) is 21.3. The summed E-state index contributed by atoms with van der Waals surface area (Å²) in [5.41, 5.74) is -0.289. The molecular formula is C19H20N4O5S. The average molecular weight is 416 g/mol. The van der Waals surface area contributed by atoms with Crippen LogP contribution in [-0.4, -0.2) is 42.5 Å². The third-order valence-electron chi connectivity index (χ3n) is 4.52. The number of methoxy groups -OCH3 is 1. The summed E-state index contributed by atoms with van der Waals surface area (Å²) < 4.78 is 7.38. The van der Waals surface area contributed by atoms with Crippen LogP contribution in [-0.2, 0) is 18.9 Å². The zero-order valence-corrected chi connectivity index (χ0v) is 17.2. The van der Waals surface area contributed by atoms with E-state index in [0.717, 1.165) is 16.3 Å². The van der Waals surface area contributed by atoms with E-state index in [4.69, 9.17) is 4.74 Å². The molecule has 1 aromatic carbocycles. The Morgan fingerprint density at radius 1 is 1.17 bits per heavy atom. The fourth-order valence-corrected chi connectivity index (χ4v) is 3.80. The number of benzene rings is 1. The standard InChI is InChI=1S/C19H20N4O5S/c1-5-12(18(25)26)29-16-13-15(22(2)19(27)23(3)17(13)24)20-14(21-16)10-6-8-11(28-4)9-7-10/h6-9,12H,5H2,1-4H3,(H,25,26)/t12-/m1/s1. The topological polar surface area (TPSA) is 116 Å². The highest BCUT2D eigenvalue weighted by atomic mass is 32.2. The maximum atomic E-state index is 12.8. The summed E-state index contributed by atoms with van der Waals surface area (Å²) in [7, 11) is 4.43. The van der Waals surface area contributed by atoms with Gasteiger partial charge in [-0.3, -0.25) is 18.7 Å². The van der Waals surface area contributed by atoms with E-state index in [2.05, 4.69) is 9.97 Å². The largest absolute Gasteiger partial charge is 0.497 e. The van der Waals surface area contributed by atoms with Crippen molar-refractivity contribution in [3.8, 4) is 17.1 Å². The van der Waals surface area contributed by atoms with Gasteiger partial charge in [0.25, 0.3) is 5.56 Å². The summed E-state index contributed by atoms with van der Waals surface area (Å²) in [6.45, 7) is 1.74. The molecule has 0 spiro atoms. The molecule has 0 saturated carbocycles. The Balaban J connectivity index is 2.33. The van der Waals surface area contributed by atoms with Gasteiger partial charge in [0.2, 0.25) is 0 Å². The number of aryl methyl sites for hydroxylation is 1. The highest BCUT2D eigenvalue weighted by molar-refractivity contribution is 8.00. The summed E-state index contributed by atoms with van der Waals surface area (Å²) in [6, 6.07) is 6.99. The molecule has 0 aliphatic heterocycles. The van der Waals surface area contributed by atoms with Crippen molar-refractivity contribution < 1.29 is 14.6 Å². The van der Waals surface area contributed by atoms with E-state index in [1.165, 1.54) is 18.7 Å². The molecule has 1 N–H and O–H groups in total. The number of hydrogen-bond donors (Lipinski definition) is 1. The molecule has 0 fully saturated rings. The van der Waals surface area contributed by atoms with Crippen LogP contribution in [0.2, 0.25) is 0 Å². The minimum atomic E-state index is -1.00. The maximum absolute atomic E-state index is 12.8. The fraction of sp³-hybridized carbons (Fsp3) is 0.316. The first-order valence-electron chi connectivity index (χ1n) is 8.80. The molecule has 0 saturated heterocycles. The monoisotopic (exact) mass is 416 g/mol. The van der Waals surface area contributed by atoms with E-state index < -0.39 is 22.5 Å². The number of aliphatic carboxylic acids is 1. The lowest BCUT2D eigenvalue weighted by atomic mass is 10.2. The van der Waals surface area contributed by atoms with Crippen LogP contribution in [0.3, 0.4) is 0 Å². The predicted molar refractivity (Wildman–Crippen MR) is 110 cm³/mol. The molecule has 2 aromatic heterocycles. The van der Waals surface area contributed by atoms with Gasteiger partial charge in [0.05, 0.1) is 7.11 Å². The fourth-order valence-electron chi connectivity index (χ4n) is 2.83. The predicted octanol–water partition coefficient (Wildman–Crippen LogP) is 1.66. The Morgan fingerprint density at radius 3 is 2.38 bits per heavy atom. The number of aromatic nitrogens is 4. The van der Waals surface area contributed by atoms with Crippen LogP contribution >= 0.6 is 11.8 Å². The quantitative estimate of drug-likeness (QED) is 0.476. The van der Waals surface area contributed by atoms with Crippen molar-refractivity contribution >= 4 is 28.8 Å². The van der Waals surface area contributed by atoms with E-state index >= 15 is 0 Å². The van der Waals surface area contributed by atoms with Crippen molar-refractivity contribution in [1.29, 1.82) is 0 Å². The number of carboxylic acids is 1. The van der Waals surface area contributed by atoms with Gasteiger partial charge in [-0.2, -0.15) is 0 Å². The average Bonchev–Trinajstić information content (AvgIpc) is 2.73. The molecule has 0 aliphatic rings. The van der Waals surface area contributed by atoms with Crippen molar-refractivity contribution in [2.45, 2.75) is 23.6 Å². The molecule has 0 unspecified atom stereocenters. The van der Waals surface area contributed by atoms with Gasteiger partial charge >= 0.3 is 11.7 Å². The molecular weight excluding hydrogens is 396 g/mol. The van der Waals surface area contributed by atoms with Gasteiger partial charge < -0.3 is 9.84 Å². The van der Waals surface area contributed by atoms with Crippen molar-refractivity contribution in [2.24, 2.45) is 14.1 Å². The second kappa shape index (κ2) is 8.08. The lowest BCUT2D eigenvalue weighted by Gasteiger charge is -2.14. The summed E-state index contributed by atoms with van der Waals surface area (Å²) in [5.74, 6) is -0.0645. The lowest BCUT2D eigenvalue weighted by Crippen LogP contribution is -2.37. The summed E-state index contributed by atoms with van der Waals surface area (Å²) in [6.07, 6.45) is 0.343. The molecule has 0 radical (unpaired) electrons. The van der Waals surface area contributed by atoms with Gasteiger partial charge in [0.15, 0.2) is 11.5 Å². The Labute approximate surface area is 170 Å². The van der Waals surface area contributed by atoms with Crippen LogP contribution in [0.15, 0.2) is 38.9 Å². The lowest BCUT2D eigenvalue weighted by molar-refractivity contribution is -0.136. The molecule has 3 aromatic rings. The van der Waals surface area contributed by atoms with E-state index in [9.17, 15) is 19.5 Å². The van der Waals surface area contributed by atoms with E-state index in [0.29, 0.717) is 17.7 Å². The molecule has 10 heteroatoms. The van der Waals surface area contributed by atoms with Crippen molar-refractivity contribution in [3.05, 3.63) is 45.1 Å². The first kappa shape index (κ1) is 20.6. The number of carbonyl (C=O) groups is 1. The molecule has 0 aliphatic carbocycles. The van der Waals surface area contributed by atoms with Gasteiger partial charge in [-0.05, 0) is 30.7 Å². The third kappa shape index (κ3) is 3.75. The van der Waals surface area contributed by atoms with Crippen LogP contribution in [0.25, 0.3) is 22.4 Å². The van der Waals surface area contributed by atoms with Crippen LogP contribution in [0, 0.1) is 0 Å². The molecule has 0 bridgehead atoms. The summed E-state index contributed by atoms with van der Waals surface area (Å²) in [4.78, 5) is 45.6. The van der Waals surface area contributed by atoms with Gasteiger partial charge in [-0.1, -0.05) is 18.7 Å². The number of hydrogen-bond acceptors (Lipinski definition) is 7. The SMILES string of the molecule is CC[C@@H](Sc1nc(-c2ccc(OC)cc2)nc2c1c(=O)n(C)c(=O)n2C)C(=O)O. The summed E-state index contributed by atoms with van der Waals surface area (Å²) in [5, 5.41) is 9.01. The normalized spacial score (nSPS) is 12.1. The molecule has 29 heavy (non-hydrogen) atoms. The van der Waals surface area contributed by atoms with Crippen LogP contribution < -0.4 is 16.0 Å². The number of fused-ring (bicyclic) bond motifs is 1. The van der Waals surface area contributed by atoms with E-state index in [1.807, 2.05) is 0 Å². The molecule has 0 amide bonds. The van der Waals surface area contributed by atoms with Crippen LogP contribution in [0.1, 0.15) is 13.3 Å². The second-order valence-electron chi connectivity index (χ2n) is 6.34. The van der Waals surface area contributed by atoms with E-state index in [-0.39, 0.29) is 21.9 Å². The number of rotatable bonds is 6. The van der Waals surface area contributed by atoms with Crippen LogP contribution in [0.4, 0.5) is 0 Å². The van der Waals surface area contributed by atoms with Gasteiger partial charge in [-0.25, -0.2) is 14.8 Å².